The van der Waals surface area contributed by atoms with Crippen molar-refractivity contribution in [2.75, 3.05) is 13.2 Å². The van der Waals surface area contributed by atoms with Gasteiger partial charge in [-0.05, 0) is 44.7 Å². The Kier molecular flexibility index (Phi) is 6.32. The lowest BCUT2D eigenvalue weighted by Crippen LogP contribution is -2.40. The Morgan fingerprint density at radius 1 is 1.24 bits per heavy atom. The number of ether oxygens (including phenoxy) is 2. The van der Waals surface area contributed by atoms with Crippen LogP contribution in [0.4, 0.5) is 0 Å². The van der Waals surface area contributed by atoms with E-state index < -0.39 is 17.8 Å². The summed E-state index contributed by atoms with van der Waals surface area (Å²) in [7, 11) is 0. The number of pyridine rings is 1. The van der Waals surface area contributed by atoms with Gasteiger partial charge in [0, 0.05) is 35.3 Å². The minimum Gasteiger partial charge on any atom is -0.463 e. The van der Waals surface area contributed by atoms with Crippen LogP contribution in [0.3, 0.4) is 0 Å². The Bertz CT molecular complexity index is 840. The minimum absolute atomic E-state index is 0.0455. The van der Waals surface area contributed by atoms with Gasteiger partial charge >= 0.3 is 5.97 Å². The lowest BCUT2D eigenvalue weighted by atomic mass is 9.67. The van der Waals surface area contributed by atoms with Crippen molar-refractivity contribution in [1.82, 2.24) is 4.98 Å². The van der Waals surface area contributed by atoms with E-state index in [0.29, 0.717) is 36.4 Å². The Hall–Kier alpha value is -2.34. The van der Waals surface area contributed by atoms with E-state index in [1.807, 2.05) is 39.0 Å². The molecule has 0 spiro atoms. The molecule has 0 fully saturated rings. The van der Waals surface area contributed by atoms with Gasteiger partial charge in [-0.2, -0.15) is 0 Å². The molecule has 1 aromatic heterocycles. The van der Waals surface area contributed by atoms with Crippen molar-refractivity contribution in [1.29, 1.82) is 0 Å². The number of carbonyl (C=O) groups is 2. The van der Waals surface area contributed by atoms with Gasteiger partial charge in [0.1, 0.15) is 12.5 Å². The highest BCUT2D eigenvalue weighted by molar-refractivity contribution is 6.08. The first-order valence-corrected chi connectivity index (χ1v) is 10.2. The fourth-order valence-electron chi connectivity index (χ4n) is 4.15. The number of hydrogen-bond donors (Lipinski definition) is 0. The molecule has 0 N–H and O–H groups in total. The molecule has 1 aliphatic carbocycles. The van der Waals surface area contributed by atoms with E-state index in [9.17, 15) is 9.59 Å². The van der Waals surface area contributed by atoms with Gasteiger partial charge in [0.05, 0.1) is 18.6 Å². The molecule has 156 valence electrons. The summed E-state index contributed by atoms with van der Waals surface area (Å²) in [6.07, 6.45) is 2.91. The molecule has 0 saturated carbocycles. The van der Waals surface area contributed by atoms with E-state index in [0.717, 1.165) is 5.70 Å². The topological polar surface area (TPSA) is 77.9 Å². The Morgan fingerprint density at radius 3 is 2.66 bits per heavy atom. The van der Waals surface area contributed by atoms with Crippen LogP contribution >= 0.6 is 0 Å². The lowest BCUT2D eigenvalue weighted by Gasteiger charge is -2.38. The molecule has 2 heterocycles. The monoisotopic (exact) mass is 398 g/mol. The summed E-state index contributed by atoms with van der Waals surface area (Å²) in [6.45, 7) is 10.4. The number of esters is 1. The standard InChI is InChI=1S/C23H30N2O4/c1-14(2)28-10-11-29-22(27)19-15(3)25-17-12-23(4,5)13-18(26)20(17)21(19)16-8-6-7-9-24-16/h6-9,14,19,21H,10-13H2,1-5H3/t19?,21-/m1/s1. The van der Waals surface area contributed by atoms with Gasteiger partial charge in [-0.1, -0.05) is 19.9 Å². The van der Waals surface area contributed by atoms with Crippen LogP contribution < -0.4 is 0 Å². The molecule has 0 aromatic carbocycles. The Balaban J connectivity index is 1.94. The van der Waals surface area contributed by atoms with Crippen molar-refractivity contribution in [2.24, 2.45) is 16.3 Å². The summed E-state index contributed by atoms with van der Waals surface area (Å²) >= 11 is 0. The summed E-state index contributed by atoms with van der Waals surface area (Å²) in [4.78, 5) is 35.3. The Labute approximate surface area is 172 Å². The average Bonchev–Trinajstić information content (AvgIpc) is 2.63. The van der Waals surface area contributed by atoms with Gasteiger partial charge in [0.2, 0.25) is 0 Å². The zero-order chi connectivity index (χ0) is 21.2. The predicted molar refractivity (Wildman–Crippen MR) is 111 cm³/mol. The van der Waals surface area contributed by atoms with Crippen LogP contribution in [0.5, 0.6) is 0 Å². The number of nitrogens with zero attached hydrogens (tertiary/aromatic N) is 2. The average molecular weight is 399 g/mol. The molecule has 6 heteroatoms. The number of aliphatic imine (C=N–C) groups is 1. The smallest absolute Gasteiger partial charge is 0.315 e. The highest BCUT2D eigenvalue weighted by Gasteiger charge is 2.46. The molecule has 29 heavy (non-hydrogen) atoms. The number of Topliss-reactive ketones (excluding diaryl/α,β-unsaturated/α-hetero) is 1. The first kappa shape index (κ1) is 21.4. The second-order valence-corrected chi connectivity index (χ2v) is 8.85. The second kappa shape index (κ2) is 8.57. The van der Waals surface area contributed by atoms with E-state index in [-0.39, 0.29) is 23.9 Å². The molecule has 2 atom stereocenters. The molecule has 2 aliphatic rings. The zero-order valence-corrected chi connectivity index (χ0v) is 17.9. The van der Waals surface area contributed by atoms with Crippen LogP contribution in [-0.4, -0.2) is 41.8 Å². The van der Waals surface area contributed by atoms with Crippen molar-refractivity contribution in [3.8, 4) is 0 Å². The third-order valence-corrected chi connectivity index (χ3v) is 5.34. The third kappa shape index (κ3) is 4.81. The van der Waals surface area contributed by atoms with Gasteiger partial charge in [-0.15, -0.1) is 0 Å². The van der Waals surface area contributed by atoms with E-state index in [4.69, 9.17) is 14.5 Å². The molecule has 3 rings (SSSR count). The lowest BCUT2D eigenvalue weighted by molar-refractivity contribution is -0.148. The second-order valence-electron chi connectivity index (χ2n) is 8.85. The maximum Gasteiger partial charge on any atom is 0.315 e. The third-order valence-electron chi connectivity index (χ3n) is 5.34. The normalized spacial score (nSPS) is 23.7. The number of ketones is 1. The number of hydrogen-bond acceptors (Lipinski definition) is 6. The van der Waals surface area contributed by atoms with Crippen LogP contribution in [0.2, 0.25) is 0 Å². The van der Waals surface area contributed by atoms with E-state index in [1.54, 1.807) is 6.20 Å². The summed E-state index contributed by atoms with van der Waals surface area (Å²) in [6, 6.07) is 5.56. The SMILES string of the molecule is CC1=NC2=C(C(=O)CC(C)(C)C2)[C@H](c2ccccn2)C1C(=O)OCCOC(C)C. The molecule has 1 aromatic rings. The quantitative estimate of drug-likeness (QED) is 0.537. The minimum atomic E-state index is -0.659. The molecule has 0 radical (unpaired) electrons. The van der Waals surface area contributed by atoms with E-state index in [1.165, 1.54) is 0 Å². The van der Waals surface area contributed by atoms with E-state index in [2.05, 4.69) is 18.8 Å². The maximum atomic E-state index is 13.1. The molecule has 6 nitrogen and oxygen atoms in total. The predicted octanol–water partition coefficient (Wildman–Crippen LogP) is 3.87. The van der Waals surface area contributed by atoms with Gasteiger partial charge in [-0.25, -0.2) is 0 Å². The summed E-state index contributed by atoms with van der Waals surface area (Å²) in [5.74, 6) is -1.47. The van der Waals surface area contributed by atoms with Crippen molar-refractivity contribution >= 4 is 17.5 Å². The summed E-state index contributed by atoms with van der Waals surface area (Å²) in [5.41, 5.74) is 2.62. The van der Waals surface area contributed by atoms with Gasteiger partial charge in [-0.3, -0.25) is 19.6 Å². The highest BCUT2D eigenvalue weighted by Crippen LogP contribution is 2.47. The van der Waals surface area contributed by atoms with Crippen LogP contribution in [0.15, 0.2) is 40.7 Å². The van der Waals surface area contributed by atoms with Gasteiger partial charge in [0.15, 0.2) is 5.78 Å². The number of aromatic nitrogens is 1. The van der Waals surface area contributed by atoms with Crippen molar-refractivity contribution < 1.29 is 19.1 Å². The van der Waals surface area contributed by atoms with Crippen molar-refractivity contribution in [2.45, 2.75) is 59.5 Å². The molecule has 0 bridgehead atoms. The van der Waals surface area contributed by atoms with Gasteiger partial charge < -0.3 is 9.47 Å². The van der Waals surface area contributed by atoms with E-state index >= 15 is 0 Å². The van der Waals surface area contributed by atoms with Gasteiger partial charge in [0.25, 0.3) is 0 Å². The summed E-state index contributed by atoms with van der Waals surface area (Å²) < 4.78 is 11.0. The molecule has 1 aliphatic heterocycles. The fraction of sp³-hybridized carbons (Fsp3) is 0.565. The first-order valence-electron chi connectivity index (χ1n) is 10.2. The number of carbonyl (C=O) groups excluding carboxylic acids is 2. The van der Waals surface area contributed by atoms with Crippen LogP contribution in [0.25, 0.3) is 0 Å². The Morgan fingerprint density at radius 2 is 2.00 bits per heavy atom. The summed E-state index contributed by atoms with van der Waals surface area (Å²) in [5, 5.41) is 0. The molecule has 0 saturated heterocycles. The highest BCUT2D eigenvalue weighted by atomic mass is 16.6. The number of allylic oxidation sites excluding steroid dienone is 2. The van der Waals surface area contributed by atoms with Crippen LogP contribution in [-0.2, 0) is 19.1 Å². The first-order chi connectivity index (χ1) is 13.7. The molecule has 0 amide bonds. The fourth-order valence-corrected chi connectivity index (χ4v) is 4.15. The maximum absolute atomic E-state index is 13.1. The number of rotatable bonds is 6. The van der Waals surface area contributed by atoms with Crippen molar-refractivity contribution in [3.63, 3.8) is 0 Å². The van der Waals surface area contributed by atoms with Crippen LogP contribution in [0.1, 0.15) is 59.1 Å². The zero-order valence-electron chi connectivity index (χ0n) is 17.9. The molecular formula is C23H30N2O4. The molecule has 1 unspecified atom stereocenters. The van der Waals surface area contributed by atoms with Crippen LogP contribution in [0, 0.1) is 11.3 Å². The molecular weight excluding hydrogens is 368 g/mol. The van der Waals surface area contributed by atoms with Crippen molar-refractivity contribution in [3.05, 3.63) is 41.4 Å². The largest absolute Gasteiger partial charge is 0.463 e.